The van der Waals surface area contributed by atoms with Crippen LogP contribution in [0.2, 0.25) is 0 Å². The quantitative estimate of drug-likeness (QED) is 0.342. The number of rotatable bonds is 6. The van der Waals surface area contributed by atoms with Crippen LogP contribution >= 0.6 is 0 Å². The predicted octanol–water partition coefficient (Wildman–Crippen LogP) is -0.854. The van der Waals surface area contributed by atoms with Crippen molar-refractivity contribution in [3.63, 3.8) is 0 Å². The lowest BCUT2D eigenvalue weighted by Crippen LogP contribution is -2.52. The van der Waals surface area contributed by atoms with Crippen molar-refractivity contribution < 1.29 is 13.2 Å². The van der Waals surface area contributed by atoms with Crippen LogP contribution < -0.4 is 15.4 Å². The van der Waals surface area contributed by atoms with Crippen LogP contribution in [0, 0.1) is 0 Å². The van der Waals surface area contributed by atoms with Gasteiger partial charge in [0.05, 0.1) is 0 Å². The molecule has 9 nitrogen and oxygen atoms in total. The molecule has 1 aliphatic heterocycles. The number of amides is 1. The van der Waals surface area contributed by atoms with Crippen LogP contribution in [0.15, 0.2) is 34.4 Å². The van der Waals surface area contributed by atoms with Gasteiger partial charge in [-0.3, -0.25) is 14.8 Å². The Balaban J connectivity index is 1.75. The van der Waals surface area contributed by atoms with Crippen molar-refractivity contribution in [2.75, 3.05) is 33.7 Å². The normalized spacial score (nSPS) is 19.0. The zero-order valence-corrected chi connectivity index (χ0v) is 15.2. The highest BCUT2D eigenvalue weighted by Gasteiger charge is 2.23. The van der Waals surface area contributed by atoms with E-state index < -0.39 is 10.0 Å². The minimum absolute atomic E-state index is 0.126. The highest BCUT2D eigenvalue weighted by Crippen LogP contribution is 2.09. The summed E-state index contributed by atoms with van der Waals surface area (Å²) < 4.78 is 26.6. The van der Waals surface area contributed by atoms with Gasteiger partial charge >= 0.3 is 0 Å². The SMILES string of the molecule is CN=C(NCCNS(=O)(=O)c1cccnc1)NC1CCC(=O)N(C)C1. The average Bonchev–Trinajstić information content (AvgIpc) is 2.61. The fraction of sp³-hybridized carbons (Fsp3) is 0.533. The van der Waals surface area contributed by atoms with Crippen LogP contribution in [0.1, 0.15) is 12.8 Å². The first kappa shape index (κ1) is 19.1. The Labute approximate surface area is 148 Å². The molecule has 2 heterocycles. The summed E-state index contributed by atoms with van der Waals surface area (Å²) in [5, 5.41) is 6.30. The van der Waals surface area contributed by atoms with Gasteiger partial charge in [0, 0.05) is 58.6 Å². The summed E-state index contributed by atoms with van der Waals surface area (Å²) in [4.78, 5) is 21.2. The zero-order chi connectivity index (χ0) is 18.3. The van der Waals surface area contributed by atoms with Gasteiger partial charge in [-0.25, -0.2) is 13.1 Å². The second-order valence-electron chi connectivity index (χ2n) is 5.74. The number of hydrogen-bond acceptors (Lipinski definition) is 5. The van der Waals surface area contributed by atoms with E-state index in [1.165, 1.54) is 18.5 Å². The van der Waals surface area contributed by atoms with Gasteiger partial charge in [0.2, 0.25) is 15.9 Å². The molecule has 1 atom stereocenters. The molecular formula is C15H24N6O3S. The summed E-state index contributed by atoms with van der Waals surface area (Å²) in [7, 11) is -0.139. The molecule has 0 aromatic carbocycles. The molecular weight excluding hydrogens is 344 g/mol. The molecule has 0 aliphatic carbocycles. The van der Waals surface area contributed by atoms with Crippen molar-refractivity contribution in [2.24, 2.45) is 4.99 Å². The molecule has 1 aromatic heterocycles. The van der Waals surface area contributed by atoms with Crippen LogP contribution in [0.3, 0.4) is 0 Å². The number of carbonyl (C=O) groups is 1. The Morgan fingerprint density at radius 1 is 1.44 bits per heavy atom. The number of aliphatic imine (C=N–C) groups is 1. The molecule has 0 bridgehead atoms. The minimum atomic E-state index is -3.56. The Kier molecular flexibility index (Phi) is 6.71. The first-order valence-corrected chi connectivity index (χ1v) is 9.51. The maximum absolute atomic E-state index is 12.1. The molecule has 1 aliphatic rings. The molecule has 0 radical (unpaired) electrons. The van der Waals surface area contributed by atoms with E-state index in [0.717, 1.165) is 6.42 Å². The molecule has 10 heteroatoms. The Hall–Kier alpha value is -2.20. The van der Waals surface area contributed by atoms with Gasteiger partial charge < -0.3 is 15.5 Å². The van der Waals surface area contributed by atoms with Gasteiger partial charge in [0.25, 0.3) is 0 Å². The first-order chi connectivity index (χ1) is 11.9. The fourth-order valence-electron chi connectivity index (χ4n) is 2.47. The number of nitrogens with zero attached hydrogens (tertiary/aromatic N) is 3. The third-order valence-corrected chi connectivity index (χ3v) is 5.29. The van der Waals surface area contributed by atoms with Gasteiger partial charge in [0.1, 0.15) is 4.90 Å². The second-order valence-corrected chi connectivity index (χ2v) is 7.51. The maximum Gasteiger partial charge on any atom is 0.242 e. The van der Waals surface area contributed by atoms with Crippen molar-refractivity contribution in [2.45, 2.75) is 23.8 Å². The molecule has 2 rings (SSSR count). The van der Waals surface area contributed by atoms with Crippen molar-refractivity contribution >= 4 is 21.9 Å². The van der Waals surface area contributed by atoms with E-state index in [2.05, 4.69) is 25.3 Å². The van der Waals surface area contributed by atoms with E-state index in [1.807, 2.05) is 0 Å². The lowest BCUT2D eigenvalue weighted by atomic mass is 10.1. The molecule has 0 saturated carbocycles. The fourth-order valence-corrected chi connectivity index (χ4v) is 3.47. The number of carbonyl (C=O) groups excluding carboxylic acids is 1. The van der Waals surface area contributed by atoms with Crippen molar-refractivity contribution in [3.8, 4) is 0 Å². The topological polar surface area (TPSA) is 116 Å². The van der Waals surface area contributed by atoms with Crippen LogP contribution in [-0.2, 0) is 14.8 Å². The summed E-state index contributed by atoms with van der Waals surface area (Å²) in [5.74, 6) is 0.721. The Morgan fingerprint density at radius 3 is 2.88 bits per heavy atom. The number of aromatic nitrogens is 1. The minimum Gasteiger partial charge on any atom is -0.355 e. The van der Waals surface area contributed by atoms with E-state index in [4.69, 9.17) is 0 Å². The summed E-state index contributed by atoms with van der Waals surface area (Å²) in [6.07, 6.45) is 4.08. The predicted molar refractivity (Wildman–Crippen MR) is 94.6 cm³/mol. The standard InChI is InChI=1S/C15H24N6O3S/c1-16-15(20-12-5-6-14(22)21(2)11-12)18-8-9-19-25(23,24)13-4-3-7-17-10-13/h3-4,7,10,12,19H,5-6,8-9,11H2,1-2H3,(H2,16,18,20). The lowest BCUT2D eigenvalue weighted by molar-refractivity contribution is -0.132. The zero-order valence-electron chi connectivity index (χ0n) is 14.4. The number of hydrogen-bond donors (Lipinski definition) is 3. The summed E-state index contributed by atoms with van der Waals surface area (Å²) in [5.41, 5.74) is 0. The summed E-state index contributed by atoms with van der Waals surface area (Å²) in [6, 6.07) is 3.19. The van der Waals surface area contributed by atoms with Gasteiger partial charge in [-0.1, -0.05) is 0 Å². The third kappa shape index (κ3) is 5.68. The van der Waals surface area contributed by atoms with Crippen LogP contribution in [0.5, 0.6) is 0 Å². The highest BCUT2D eigenvalue weighted by atomic mass is 32.2. The van der Waals surface area contributed by atoms with E-state index in [1.54, 1.807) is 25.1 Å². The number of sulfonamides is 1. The van der Waals surface area contributed by atoms with E-state index in [-0.39, 0.29) is 23.4 Å². The number of nitrogens with one attached hydrogen (secondary N) is 3. The number of guanidine groups is 1. The maximum atomic E-state index is 12.1. The average molecular weight is 368 g/mol. The Bertz CT molecular complexity index is 707. The van der Waals surface area contributed by atoms with Gasteiger partial charge in [-0.2, -0.15) is 0 Å². The van der Waals surface area contributed by atoms with Crippen molar-refractivity contribution in [3.05, 3.63) is 24.5 Å². The van der Waals surface area contributed by atoms with Gasteiger partial charge in [-0.15, -0.1) is 0 Å². The van der Waals surface area contributed by atoms with E-state index in [0.29, 0.717) is 25.5 Å². The smallest absolute Gasteiger partial charge is 0.242 e. The van der Waals surface area contributed by atoms with Gasteiger partial charge in [-0.05, 0) is 18.6 Å². The first-order valence-electron chi connectivity index (χ1n) is 8.03. The summed E-state index contributed by atoms with van der Waals surface area (Å²) in [6.45, 7) is 1.20. The molecule has 1 saturated heterocycles. The third-order valence-electron chi connectivity index (χ3n) is 3.85. The molecule has 3 N–H and O–H groups in total. The van der Waals surface area contributed by atoms with Crippen LogP contribution in [0.4, 0.5) is 0 Å². The second kappa shape index (κ2) is 8.77. The van der Waals surface area contributed by atoms with E-state index >= 15 is 0 Å². The van der Waals surface area contributed by atoms with Gasteiger partial charge in [0.15, 0.2) is 5.96 Å². The molecule has 1 unspecified atom stereocenters. The largest absolute Gasteiger partial charge is 0.355 e. The van der Waals surface area contributed by atoms with Crippen LogP contribution in [0.25, 0.3) is 0 Å². The van der Waals surface area contributed by atoms with Crippen LogP contribution in [-0.4, -0.2) is 69.9 Å². The molecule has 25 heavy (non-hydrogen) atoms. The van der Waals surface area contributed by atoms with Crippen molar-refractivity contribution in [1.29, 1.82) is 0 Å². The molecule has 138 valence electrons. The summed E-state index contributed by atoms with van der Waals surface area (Å²) >= 11 is 0. The monoisotopic (exact) mass is 368 g/mol. The number of likely N-dealkylation sites (tertiary alicyclic amines) is 1. The Morgan fingerprint density at radius 2 is 2.24 bits per heavy atom. The van der Waals surface area contributed by atoms with Crippen molar-refractivity contribution in [1.82, 2.24) is 25.2 Å². The lowest BCUT2D eigenvalue weighted by Gasteiger charge is -2.31. The number of piperidine rings is 1. The molecule has 0 spiro atoms. The highest BCUT2D eigenvalue weighted by molar-refractivity contribution is 7.89. The molecule has 1 fully saturated rings. The van der Waals surface area contributed by atoms with E-state index in [9.17, 15) is 13.2 Å². The number of likely N-dealkylation sites (N-methyl/N-ethyl adjacent to an activating group) is 1. The molecule has 1 aromatic rings. The number of pyridine rings is 1. The molecule has 1 amide bonds.